The number of likely N-dealkylation sites (N-methyl/N-ethyl adjacent to an activating group) is 1. The second-order valence-corrected chi connectivity index (χ2v) is 8.43. The Bertz CT molecular complexity index is 485. The summed E-state index contributed by atoms with van der Waals surface area (Å²) in [4.78, 5) is 3.66. The standard InChI is InChI=1S/C13H22N2O2S2/c1-11(13-4-3-8-18-13)15(2)7-6-14-12-5-9-19(16,17)10-12/h3-4,8,11-12,14H,5-7,9-10H2,1-2H3. The number of sulfone groups is 1. The molecule has 19 heavy (non-hydrogen) atoms. The zero-order valence-corrected chi connectivity index (χ0v) is 13.1. The van der Waals surface area contributed by atoms with Crippen LogP contribution in [0.3, 0.4) is 0 Å². The highest BCUT2D eigenvalue weighted by Crippen LogP contribution is 2.22. The molecule has 0 bridgehead atoms. The van der Waals surface area contributed by atoms with E-state index < -0.39 is 9.84 Å². The fraction of sp³-hybridized carbons (Fsp3) is 0.692. The van der Waals surface area contributed by atoms with E-state index in [0.717, 1.165) is 19.5 Å². The number of nitrogens with zero attached hydrogens (tertiary/aromatic N) is 1. The summed E-state index contributed by atoms with van der Waals surface area (Å²) in [6.07, 6.45) is 0.756. The Balaban J connectivity index is 1.71. The minimum atomic E-state index is -2.77. The van der Waals surface area contributed by atoms with Crippen LogP contribution in [0.1, 0.15) is 24.3 Å². The van der Waals surface area contributed by atoms with Crippen LogP contribution in [0.5, 0.6) is 0 Å². The van der Waals surface area contributed by atoms with Crippen LogP contribution in [-0.4, -0.2) is 51.0 Å². The second kappa shape index (κ2) is 6.35. The van der Waals surface area contributed by atoms with Crippen molar-refractivity contribution in [3.8, 4) is 0 Å². The van der Waals surface area contributed by atoms with Crippen LogP contribution < -0.4 is 5.32 Å². The highest BCUT2D eigenvalue weighted by Gasteiger charge is 2.27. The van der Waals surface area contributed by atoms with Crippen LogP contribution in [0, 0.1) is 0 Å². The second-order valence-electron chi connectivity index (χ2n) is 5.23. The molecule has 0 amide bonds. The van der Waals surface area contributed by atoms with Crippen molar-refractivity contribution in [2.45, 2.75) is 25.4 Å². The summed E-state index contributed by atoms with van der Waals surface area (Å²) in [6.45, 7) is 3.97. The van der Waals surface area contributed by atoms with E-state index >= 15 is 0 Å². The molecule has 1 aromatic heterocycles. The first-order valence-electron chi connectivity index (χ1n) is 6.65. The van der Waals surface area contributed by atoms with Crippen LogP contribution in [0.15, 0.2) is 17.5 Å². The van der Waals surface area contributed by atoms with Crippen molar-refractivity contribution in [2.75, 3.05) is 31.6 Å². The fourth-order valence-corrected chi connectivity index (χ4v) is 4.90. The molecule has 1 aromatic rings. The SMILES string of the molecule is CC(c1cccs1)N(C)CCNC1CCS(=O)(=O)C1. The van der Waals surface area contributed by atoms with Crippen LogP contribution in [0.2, 0.25) is 0 Å². The van der Waals surface area contributed by atoms with Gasteiger partial charge >= 0.3 is 0 Å². The summed E-state index contributed by atoms with van der Waals surface area (Å²) >= 11 is 1.78. The minimum Gasteiger partial charge on any atom is -0.312 e. The van der Waals surface area contributed by atoms with Gasteiger partial charge in [0.25, 0.3) is 0 Å². The van der Waals surface area contributed by atoms with Gasteiger partial charge in [0.05, 0.1) is 11.5 Å². The molecule has 1 N–H and O–H groups in total. The summed E-state index contributed by atoms with van der Waals surface area (Å²) in [5, 5.41) is 5.45. The molecular formula is C13H22N2O2S2. The maximum absolute atomic E-state index is 11.4. The smallest absolute Gasteiger partial charge is 0.151 e. The molecule has 1 saturated heterocycles. The first-order valence-corrected chi connectivity index (χ1v) is 9.35. The van der Waals surface area contributed by atoms with Crippen LogP contribution in [0.4, 0.5) is 0 Å². The van der Waals surface area contributed by atoms with Gasteiger partial charge in [-0.25, -0.2) is 8.42 Å². The first-order chi connectivity index (χ1) is 8.98. The largest absolute Gasteiger partial charge is 0.312 e. The summed E-state index contributed by atoms with van der Waals surface area (Å²) in [7, 11) is -0.664. The predicted molar refractivity (Wildman–Crippen MR) is 80.4 cm³/mol. The lowest BCUT2D eigenvalue weighted by Crippen LogP contribution is -2.37. The molecular weight excluding hydrogens is 280 g/mol. The zero-order valence-electron chi connectivity index (χ0n) is 11.5. The molecule has 4 nitrogen and oxygen atoms in total. The maximum atomic E-state index is 11.4. The molecule has 0 saturated carbocycles. The highest BCUT2D eigenvalue weighted by molar-refractivity contribution is 7.91. The lowest BCUT2D eigenvalue weighted by atomic mass is 10.2. The molecule has 0 spiro atoms. The number of thiophene rings is 1. The van der Waals surface area contributed by atoms with E-state index in [2.05, 4.69) is 41.7 Å². The third-order valence-electron chi connectivity index (χ3n) is 3.75. The van der Waals surface area contributed by atoms with Crippen molar-refractivity contribution >= 4 is 21.2 Å². The van der Waals surface area contributed by atoms with E-state index in [0.29, 0.717) is 17.5 Å². The van der Waals surface area contributed by atoms with E-state index in [-0.39, 0.29) is 6.04 Å². The number of hydrogen-bond donors (Lipinski definition) is 1. The summed E-state index contributed by atoms with van der Waals surface area (Å²) in [5.41, 5.74) is 0. The third-order valence-corrected chi connectivity index (χ3v) is 6.56. The fourth-order valence-electron chi connectivity index (χ4n) is 2.34. The number of hydrogen-bond acceptors (Lipinski definition) is 5. The Morgan fingerprint density at radius 1 is 1.58 bits per heavy atom. The van der Waals surface area contributed by atoms with Crippen LogP contribution >= 0.6 is 11.3 Å². The van der Waals surface area contributed by atoms with E-state index in [1.165, 1.54) is 4.88 Å². The first kappa shape index (κ1) is 15.0. The van der Waals surface area contributed by atoms with Crippen LogP contribution in [0.25, 0.3) is 0 Å². The van der Waals surface area contributed by atoms with Crippen molar-refractivity contribution in [3.63, 3.8) is 0 Å². The predicted octanol–water partition coefficient (Wildman–Crippen LogP) is 1.52. The van der Waals surface area contributed by atoms with E-state index in [9.17, 15) is 8.42 Å². The normalized spacial score (nSPS) is 23.8. The molecule has 1 aliphatic rings. The monoisotopic (exact) mass is 302 g/mol. The van der Waals surface area contributed by atoms with Crippen molar-refractivity contribution < 1.29 is 8.42 Å². The molecule has 2 unspecified atom stereocenters. The molecule has 108 valence electrons. The molecule has 1 fully saturated rings. The lowest BCUT2D eigenvalue weighted by molar-refractivity contribution is 0.261. The molecule has 0 radical (unpaired) electrons. The van der Waals surface area contributed by atoms with Gasteiger partial charge in [-0.15, -0.1) is 11.3 Å². The summed E-state index contributed by atoms with van der Waals surface area (Å²) in [5.74, 6) is 0.642. The molecule has 2 heterocycles. The lowest BCUT2D eigenvalue weighted by Gasteiger charge is -2.24. The number of nitrogens with one attached hydrogen (secondary N) is 1. The van der Waals surface area contributed by atoms with E-state index in [4.69, 9.17) is 0 Å². The average Bonchev–Trinajstić information content (AvgIpc) is 2.97. The van der Waals surface area contributed by atoms with Crippen molar-refractivity contribution in [1.29, 1.82) is 0 Å². The van der Waals surface area contributed by atoms with Gasteiger partial charge in [-0.05, 0) is 31.8 Å². The van der Waals surface area contributed by atoms with Crippen molar-refractivity contribution in [3.05, 3.63) is 22.4 Å². The van der Waals surface area contributed by atoms with Crippen molar-refractivity contribution in [2.24, 2.45) is 0 Å². The average molecular weight is 302 g/mol. The van der Waals surface area contributed by atoms with Crippen LogP contribution in [-0.2, 0) is 9.84 Å². The summed E-state index contributed by atoms with van der Waals surface area (Å²) < 4.78 is 22.7. The topological polar surface area (TPSA) is 49.4 Å². The van der Waals surface area contributed by atoms with Gasteiger partial charge in [0.2, 0.25) is 0 Å². The minimum absolute atomic E-state index is 0.149. The van der Waals surface area contributed by atoms with Gasteiger partial charge in [0.15, 0.2) is 9.84 Å². The van der Waals surface area contributed by atoms with Gasteiger partial charge < -0.3 is 5.32 Å². The molecule has 1 aliphatic heterocycles. The summed E-state index contributed by atoms with van der Waals surface area (Å²) in [6, 6.07) is 4.79. The maximum Gasteiger partial charge on any atom is 0.151 e. The Morgan fingerprint density at radius 3 is 2.95 bits per heavy atom. The van der Waals surface area contributed by atoms with Gasteiger partial charge in [-0.1, -0.05) is 6.07 Å². The van der Waals surface area contributed by atoms with E-state index in [1.54, 1.807) is 11.3 Å². The molecule has 0 aromatic carbocycles. The quantitative estimate of drug-likeness (QED) is 0.865. The zero-order chi connectivity index (χ0) is 13.9. The Kier molecular flexibility index (Phi) is 5.00. The Morgan fingerprint density at radius 2 is 2.37 bits per heavy atom. The highest BCUT2D eigenvalue weighted by atomic mass is 32.2. The Labute approximate surface area is 119 Å². The molecule has 6 heteroatoms. The van der Waals surface area contributed by atoms with E-state index in [1.807, 2.05) is 0 Å². The number of rotatable bonds is 6. The molecule has 0 aliphatic carbocycles. The van der Waals surface area contributed by atoms with Crippen molar-refractivity contribution in [1.82, 2.24) is 10.2 Å². The van der Waals surface area contributed by atoms with Gasteiger partial charge in [-0.3, -0.25) is 4.90 Å². The van der Waals surface area contributed by atoms with Gasteiger partial charge in [0, 0.05) is 30.1 Å². The molecule has 2 atom stereocenters. The van der Waals surface area contributed by atoms with Gasteiger partial charge in [-0.2, -0.15) is 0 Å². The molecule has 2 rings (SSSR count). The van der Waals surface area contributed by atoms with Gasteiger partial charge in [0.1, 0.15) is 0 Å². The third kappa shape index (κ3) is 4.27. The Hall–Kier alpha value is -0.430.